The molecule has 0 rings (SSSR count). The van der Waals surface area contributed by atoms with Gasteiger partial charge in [0.05, 0.1) is 0 Å². The molecule has 0 aromatic rings. The largest absolute Gasteiger partial charge is 0.352 e. The molecule has 0 radical (unpaired) electrons. The Bertz CT molecular complexity index is 115. The molecule has 0 spiro atoms. The molecule has 0 heterocycles. The molecule has 0 saturated heterocycles. The van der Waals surface area contributed by atoms with E-state index in [0.29, 0.717) is 12.0 Å². The number of rotatable bonds is 1. The third kappa shape index (κ3) is 3.70. The van der Waals surface area contributed by atoms with E-state index >= 15 is 0 Å². The van der Waals surface area contributed by atoms with Crippen LogP contribution in [0.5, 0.6) is 0 Å². The van der Waals surface area contributed by atoms with E-state index in [-0.39, 0.29) is 0 Å². The molecule has 9 heavy (non-hydrogen) atoms. The standard InChI is InChI=1S/C6H13N3/c1-5(2)9-6(7-3)8-4/h5H,3H2,1-2,4H3,(H,8,9). The van der Waals surface area contributed by atoms with Crippen LogP contribution in [0.1, 0.15) is 13.8 Å². The fraction of sp³-hybridized carbons (Fsp3) is 0.667. The van der Waals surface area contributed by atoms with Crippen molar-refractivity contribution in [2.75, 3.05) is 7.05 Å². The smallest absolute Gasteiger partial charge is 0.217 e. The maximum atomic E-state index is 3.82. The summed E-state index contributed by atoms with van der Waals surface area (Å²) in [5.74, 6) is 0.602. The van der Waals surface area contributed by atoms with Crippen LogP contribution in [0.3, 0.4) is 0 Å². The zero-order valence-corrected chi connectivity index (χ0v) is 6.18. The highest BCUT2D eigenvalue weighted by molar-refractivity contribution is 5.84. The van der Waals surface area contributed by atoms with Crippen molar-refractivity contribution in [2.24, 2.45) is 9.98 Å². The van der Waals surface area contributed by atoms with E-state index in [1.54, 1.807) is 7.05 Å². The van der Waals surface area contributed by atoms with Crippen molar-refractivity contribution in [3.8, 4) is 0 Å². The Hall–Kier alpha value is -0.860. The predicted molar refractivity (Wildman–Crippen MR) is 41.2 cm³/mol. The second-order valence-electron chi connectivity index (χ2n) is 2.00. The molecule has 52 valence electrons. The fourth-order valence-corrected chi connectivity index (χ4v) is 0.439. The maximum absolute atomic E-state index is 3.82. The molecule has 0 aliphatic carbocycles. The van der Waals surface area contributed by atoms with Gasteiger partial charge in [-0.25, -0.2) is 4.99 Å². The molecular formula is C6H13N3. The minimum atomic E-state index is 0.370. The summed E-state index contributed by atoms with van der Waals surface area (Å²) in [5.41, 5.74) is 0. The second kappa shape index (κ2) is 4.06. The van der Waals surface area contributed by atoms with Gasteiger partial charge in [-0.1, -0.05) is 0 Å². The summed E-state index contributed by atoms with van der Waals surface area (Å²) in [6, 6.07) is 0.370. The zero-order valence-electron chi connectivity index (χ0n) is 6.18. The Morgan fingerprint density at radius 2 is 2.11 bits per heavy atom. The lowest BCUT2D eigenvalue weighted by molar-refractivity contribution is 0.728. The van der Waals surface area contributed by atoms with Gasteiger partial charge in [-0.3, -0.25) is 4.99 Å². The van der Waals surface area contributed by atoms with E-state index in [0.717, 1.165) is 0 Å². The molecule has 0 aromatic heterocycles. The van der Waals surface area contributed by atoms with Gasteiger partial charge in [-0.15, -0.1) is 0 Å². The summed E-state index contributed by atoms with van der Waals surface area (Å²) in [6.45, 7) is 7.39. The molecule has 0 fully saturated rings. The summed E-state index contributed by atoms with van der Waals surface area (Å²) >= 11 is 0. The third-order valence-electron chi connectivity index (χ3n) is 0.779. The number of hydrogen-bond donors (Lipinski definition) is 1. The number of nitrogens with one attached hydrogen (secondary N) is 1. The van der Waals surface area contributed by atoms with Crippen molar-refractivity contribution in [1.82, 2.24) is 5.32 Å². The number of aliphatic imine (C=N–C) groups is 2. The van der Waals surface area contributed by atoms with Crippen LogP contribution in [-0.4, -0.2) is 25.8 Å². The van der Waals surface area contributed by atoms with Crippen LogP contribution < -0.4 is 5.32 Å². The van der Waals surface area contributed by atoms with Crippen molar-refractivity contribution in [3.05, 3.63) is 0 Å². The van der Waals surface area contributed by atoms with Crippen molar-refractivity contribution < 1.29 is 0 Å². The molecule has 3 nitrogen and oxygen atoms in total. The quantitative estimate of drug-likeness (QED) is 0.408. The minimum absolute atomic E-state index is 0.370. The average molecular weight is 127 g/mol. The summed E-state index contributed by atoms with van der Waals surface area (Å²) in [6.07, 6.45) is 0. The molecule has 0 aromatic carbocycles. The summed E-state index contributed by atoms with van der Waals surface area (Å²) < 4.78 is 0. The van der Waals surface area contributed by atoms with Crippen LogP contribution in [0.2, 0.25) is 0 Å². The lowest BCUT2D eigenvalue weighted by Gasteiger charge is -2.06. The molecule has 0 bridgehead atoms. The van der Waals surface area contributed by atoms with E-state index in [1.807, 2.05) is 13.8 Å². The van der Waals surface area contributed by atoms with Crippen LogP contribution in [0.4, 0.5) is 0 Å². The molecule has 0 aliphatic heterocycles. The van der Waals surface area contributed by atoms with E-state index in [9.17, 15) is 0 Å². The third-order valence-corrected chi connectivity index (χ3v) is 0.779. The molecule has 0 atom stereocenters. The highest BCUT2D eigenvalue weighted by Gasteiger charge is 1.93. The van der Waals surface area contributed by atoms with E-state index in [2.05, 4.69) is 22.0 Å². The SMILES string of the molecule is C=N/C(=N\C)NC(C)C. The highest BCUT2D eigenvalue weighted by Crippen LogP contribution is 1.78. The highest BCUT2D eigenvalue weighted by atomic mass is 15.1. The first kappa shape index (κ1) is 8.14. The van der Waals surface area contributed by atoms with Crippen LogP contribution in [0.15, 0.2) is 9.98 Å². The lowest BCUT2D eigenvalue weighted by Crippen LogP contribution is -2.28. The summed E-state index contributed by atoms with van der Waals surface area (Å²) in [5, 5.41) is 3.00. The van der Waals surface area contributed by atoms with Gasteiger partial charge in [0, 0.05) is 13.1 Å². The Morgan fingerprint density at radius 1 is 1.56 bits per heavy atom. The summed E-state index contributed by atoms with van der Waals surface area (Å²) in [7, 11) is 1.68. The summed E-state index contributed by atoms with van der Waals surface area (Å²) in [4.78, 5) is 7.46. The zero-order chi connectivity index (χ0) is 7.28. The second-order valence-corrected chi connectivity index (χ2v) is 2.00. The Morgan fingerprint density at radius 3 is 2.22 bits per heavy atom. The fourth-order valence-electron chi connectivity index (χ4n) is 0.439. The molecule has 3 heteroatoms. The van der Waals surface area contributed by atoms with E-state index in [1.165, 1.54) is 0 Å². The van der Waals surface area contributed by atoms with Gasteiger partial charge in [0.1, 0.15) is 0 Å². The van der Waals surface area contributed by atoms with Gasteiger partial charge >= 0.3 is 0 Å². The Kier molecular flexibility index (Phi) is 3.67. The number of hydrogen-bond acceptors (Lipinski definition) is 1. The van der Waals surface area contributed by atoms with E-state index in [4.69, 9.17) is 0 Å². The minimum Gasteiger partial charge on any atom is -0.352 e. The molecule has 1 N–H and O–H groups in total. The number of nitrogens with zero attached hydrogens (tertiary/aromatic N) is 2. The Balaban J connectivity index is 3.71. The molecule has 0 amide bonds. The van der Waals surface area contributed by atoms with Gasteiger partial charge in [-0.05, 0) is 20.6 Å². The monoisotopic (exact) mass is 127 g/mol. The van der Waals surface area contributed by atoms with Crippen molar-refractivity contribution in [1.29, 1.82) is 0 Å². The Labute approximate surface area is 55.9 Å². The maximum Gasteiger partial charge on any atom is 0.217 e. The normalized spacial score (nSPS) is 11.8. The number of guanidine groups is 1. The van der Waals surface area contributed by atoms with Gasteiger partial charge in [0.25, 0.3) is 0 Å². The first-order valence-corrected chi connectivity index (χ1v) is 2.90. The molecule has 0 aliphatic rings. The first-order valence-electron chi connectivity index (χ1n) is 2.90. The molecular weight excluding hydrogens is 114 g/mol. The van der Waals surface area contributed by atoms with Gasteiger partial charge in [0.15, 0.2) is 0 Å². The van der Waals surface area contributed by atoms with E-state index < -0.39 is 0 Å². The molecule has 0 unspecified atom stereocenters. The van der Waals surface area contributed by atoms with Crippen molar-refractivity contribution in [2.45, 2.75) is 19.9 Å². The van der Waals surface area contributed by atoms with Crippen molar-refractivity contribution >= 4 is 12.7 Å². The van der Waals surface area contributed by atoms with Crippen LogP contribution in [-0.2, 0) is 0 Å². The van der Waals surface area contributed by atoms with Gasteiger partial charge < -0.3 is 5.32 Å². The topological polar surface area (TPSA) is 36.8 Å². The molecule has 0 saturated carbocycles. The van der Waals surface area contributed by atoms with Crippen molar-refractivity contribution in [3.63, 3.8) is 0 Å². The van der Waals surface area contributed by atoms with Gasteiger partial charge in [0.2, 0.25) is 5.96 Å². The van der Waals surface area contributed by atoms with Crippen LogP contribution in [0.25, 0.3) is 0 Å². The van der Waals surface area contributed by atoms with Gasteiger partial charge in [-0.2, -0.15) is 0 Å². The van der Waals surface area contributed by atoms with Crippen LogP contribution >= 0.6 is 0 Å². The predicted octanol–water partition coefficient (Wildman–Crippen LogP) is 0.671. The lowest BCUT2D eigenvalue weighted by atomic mass is 10.4. The van der Waals surface area contributed by atoms with Crippen LogP contribution in [0, 0.1) is 0 Å². The first-order chi connectivity index (χ1) is 4.20. The average Bonchev–Trinajstić information content (AvgIpc) is 1.82.